The molecule has 5 saturated carbocycles. The lowest BCUT2D eigenvalue weighted by Crippen LogP contribution is -2.66. The lowest BCUT2D eigenvalue weighted by Gasteiger charge is -2.72. The van der Waals surface area contributed by atoms with Gasteiger partial charge in [-0.1, -0.05) is 79.5 Å². The summed E-state index contributed by atoms with van der Waals surface area (Å²) in [4.78, 5) is 66.3. The van der Waals surface area contributed by atoms with Crippen molar-refractivity contribution in [1.29, 1.82) is 0 Å². The van der Waals surface area contributed by atoms with Crippen LogP contribution in [0.15, 0.2) is 35.4 Å². The predicted molar refractivity (Wildman–Crippen MR) is 228 cm³/mol. The average Bonchev–Trinajstić information content (AvgIpc) is 3.43. The number of ketones is 1. The van der Waals surface area contributed by atoms with E-state index in [1.54, 1.807) is 24.3 Å². The highest BCUT2D eigenvalue weighted by Crippen LogP contribution is 2.77. The Labute approximate surface area is 357 Å². The van der Waals surface area contributed by atoms with Gasteiger partial charge in [-0.2, -0.15) is 0 Å². The van der Waals surface area contributed by atoms with Crippen LogP contribution in [-0.2, 0) is 23.9 Å². The molecule has 5 fully saturated rings. The van der Waals surface area contributed by atoms with Gasteiger partial charge in [-0.3, -0.25) is 24.0 Å². The van der Waals surface area contributed by atoms with Crippen molar-refractivity contribution in [2.45, 2.75) is 152 Å². The molecular formula is C49H69ClN2O7. The number of benzene rings is 1. The zero-order valence-corrected chi connectivity index (χ0v) is 37.9. The van der Waals surface area contributed by atoms with Crippen molar-refractivity contribution in [3.63, 3.8) is 0 Å². The van der Waals surface area contributed by atoms with Gasteiger partial charge in [0.15, 0.2) is 5.78 Å². The van der Waals surface area contributed by atoms with Crippen LogP contribution >= 0.6 is 11.6 Å². The van der Waals surface area contributed by atoms with Crippen LogP contribution in [0.4, 0.5) is 0 Å². The first kappa shape index (κ1) is 43.9. The SMILES string of the molecule is CC(C)C1=C2[C@H]3CC[C@@H]4[C@@]5(C)CC[C@H](OC(=O)[C@H]6C[C@@H](C(=O)O)C6(C)C)C(C)(C)[C@@H]5CC[C@@]4(C)[C@]3(C)CC[C@@]2(CC(=O)N[C@H](C)CNC(=O)c2ccc(Cl)cc2)CC1=O. The van der Waals surface area contributed by atoms with Crippen LogP contribution in [0.3, 0.4) is 0 Å². The van der Waals surface area contributed by atoms with E-state index < -0.39 is 28.6 Å². The number of Topliss-reactive ketones (excluding diaryl/α,β-unsaturated/α-hetero) is 1. The zero-order valence-electron chi connectivity index (χ0n) is 37.2. The van der Waals surface area contributed by atoms with Crippen molar-refractivity contribution in [2.75, 3.05) is 6.54 Å². The number of hydrogen-bond donors (Lipinski definition) is 3. The Bertz CT molecular complexity index is 1940. The first-order valence-corrected chi connectivity index (χ1v) is 22.8. The first-order valence-electron chi connectivity index (χ1n) is 22.5. The van der Waals surface area contributed by atoms with E-state index in [9.17, 15) is 29.1 Å². The Morgan fingerprint density at radius 1 is 0.831 bits per heavy atom. The molecule has 6 aliphatic carbocycles. The fourth-order valence-corrected chi connectivity index (χ4v) is 14.9. The van der Waals surface area contributed by atoms with Gasteiger partial charge in [-0.25, -0.2) is 0 Å². The van der Waals surface area contributed by atoms with E-state index in [0.29, 0.717) is 35.3 Å². The van der Waals surface area contributed by atoms with Crippen molar-refractivity contribution < 1.29 is 33.8 Å². The predicted octanol–water partition coefficient (Wildman–Crippen LogP) is 9.60. The van der Waals surface area contributed by atoms with Crippen LogP contribution in [0.5, 0.6) is 0 Å². The molecule has 0 bridgehead atoms. The molecule has 1 aromatic rings. The van der Waals surface area contributed by atoms with Crippen LogP contribution in [0.1, 0.15) is 150 Å². The van der Waals surface area contributed by atoms with Crippen molar-refractivity contribution in [3.8, 4) is 0 Å². The molecular weight excluding hydrogens is 764 g/mol. The fraction of sp³-hybridized carbons (Fsp3) is 0.735. The number of aliphatic carboxylic acids is 1. The summed E-state index contributed by atoms with van der Waals surface area (Å²) in [6.45, 7) is 22.4. The third-order valence-corrected chi connectivity index (χ3v) is 18.5. The van der Waals surface area contributed by atoms with Crippen molar-refractivity contribution in [3.05, 3.63) is 46.0 Å². The summed E-state index contributed by atoms with van der Waals surface area (Å²) in [7, 11) is 0. The third kappa shape index (κ3) is 6.90. The van der Waals surface area contributed by atoms with Gasteiger partial charge in [0.05, 0.1) is 11.8 Å². The molecule has 0 radical (unpaired) electrons. The quantitative estimate of drug-likeness (QED) is 0.200. The van der Waals surface area contributed by atoms with E-state index in [1.807, 2.05) is 20.8 Å². The average molecular weight is 834 g/mol. The number of allylic oxidation sites excluding steroid dienone is 2. The maximum Gasteiger partial charge on any atom is 0.309 e. The minimum Gasteiger partial charge on any atom is -0.481 e. The Kier molecular flexibility index (Phi) is 11.2. The van der Waals surface area contributed by atoms with Gasteiger partial charge in [0.2, 0.25) is 5.91 Å². The number of carbonyl (C=O) groups excluding carboxylic acids is 4. The Balaban J connectivity index is 1.08. The number of carboxylic acids is 1. The largest absolute Gasteiger partial charge is 0.481 e. The second-order valence-electron chi connectivity index (χ2n) is 22.1. The molecule has 0 spiro atoms. The number of hydrogen-bond acceptors (Lipinski definition) is 6. The standard InChI is InChI=1S/C49H69ClN2O7/c1-27(2)39-34(53)24-49(25-38(54)52-28(3)26-51-41(55)29-11-13-30(50)14-12-29)22-21-47(9)31(40(39)49)15-16-36-46(8)19-18-37(45(6,7)35(46)17-20-48(36,47)10)59-43(58)33-23-32(42(56)57)44(33,4)5/h11-14,27-28,31-33,35-37H,15-26H2,1-10H3,(H,51,55)(H,52,54)(H,56,57)/t28-,31-,32+,33-,35+,36-,37+,46+,47-,48-,49+/m1/s1. The molecule has 0 heterocycles. The number of carboxylic acid groups (broad SMARTS) is 1. The lowest BCUT2D eigenvalue weighted by atomic mass is 9.33. The number of carbonyl (C=O) groups is 5. The minimum absolute atomic E-state index is 0.0223. The van der Waals surface area contributed by atoms with Gasteiger partial charge in [-0.15, -0.1) is 0 Å². The monoisotopic (exact) mass is 832 g/mol. The number of halogens is 1. The summed E-state index contributed by atoms with van der Waals surface area (Å²) in [6, 6.07) is 6.42. The number of rotatable bonds is 10. The van der Waals surface area contributed by atoms with Crippen LogP contribution in [0, 0.1) is 68.0 Å². The van der Waals surface area contributed by atoms with Crippen LogP contribution in [0.2, 0.25) is 5.02 Å². The summed E-state index contributed by atoms with van der Waals surface area (Å²) >= 11 is 5.99. The molecule has 3 N–H and O–H groups in total. The molecule has 0 aliphatic heterocycles. The van der Waals surface area contributed by atoms with Gasteiger partial charge in [0.1, 0.15) is 6.10 Å². The van der Waals surface area contributed by atoms with Gasteiger partial charge in [0, 0.05) is 46.8 Å². The lowest BCUT2D eigenvalue weighted by molar-refractivity contribution is -0.236. The van der Waals surface area contributed by atoms with Crippen molar-refractivity contribution >= 4 is 41.1 Å². The van der Waals surface area contributed by atoms with E-state index >= 15 is 0 Å². The number of amides is 2. The number of esters is 1. The van der Waals surface area contributed by atoms with Crippen LogP contribution in [0.25, 0.3) is 0 Å². The molecule has 10 heteroatoms. The van der Waals surface area contributed by atoms with Crippen LogP contribution in [-0.4, -0.2) is 53.3 Å². The van der Waals surface area contributed by atoms with E-state index in [1.165, 1.54) is 5.57 Å². The number of nitrogens with one attached hydrogen (secondary N) is 2. The highest BCUT2D eigenvalue weighted by atomic mass is 35.5. The third-order valence-electron chi connectivity index (χ3n) is 18.2. The summed E-state index contributed by atoms with van der Waals surface area (Å²) in [5, 5.41) is 16.3. The molecule has 7 rings (SSSR count). The van der Waals surface area contributed by atoms with Crippen molar-refractivity contribution in [1.82, 2.24) is 10.6 Å². The Hall–Kier alpha value is -3.20. The molecule has 2 amide bonds. The second-order valence-corrected chi connectivity index (χ2v) is 22.6. The topological polar surface area (TPSA) is 139 Å². The first-order chi connectivity index (χ1) is 27.4. The van der Waals surface area contributed by atoms with E-state index in [-0.39, 0.29) is 82.2 Å². The summed E-state index contributed by atoms with van der Waals surface area (Å²) in [6.07, 6.45) is 8.50. The molecule has 0 saturated heterocycles. The molecule has 0 unspecified atom stereocenters. The van der Waals surface area contributed by atoms with Crippen molar-refractivity contribution in [2.24, 2.45) is 68.0 Å². The molecule has 11 atom stereocenters. The van der Waals surface area contributed by atoms with Crippen LogP contribution < -0.4 is 10.6 Å². The Morgan fingerprint density at radius 2 is 1.51 bits per heavy atom. The molecule has 1 aromatic carbocycles. The summed E-state index contributed by atoms with van der Waals surface area (Å²) < 4.78 is 6.41. The highest BCUT2D eigenvalue weighted by molar-refractivity contribution is 6.30. The van der Waals surface area contributed by atoms with Gasteiger partial charge in [-0.05, 0) is 140 Å². The smallest absolute Gasteiger partial charge is 0.309 e. The maximum absolute atomic E-state index is 14.1. The molecule has 324 valence electrons. The molecule has 6 aliphatic rings. The fourth-order valence-electron chi connectivity index (χ4n) is 14.7. The maximum atomic E-state index is 14.1. The summed E-state index contributed by atoms with van der Waals surface area (Å²) in [5.41, 5.74) is 1.41. The van der Waals surface area contributed by atoms with Gasteiger partial charge in [0.25, 0.3) is 5.91 Å². The number of ether oxygens (including phenoxy) is 1. The normalized spacial score (nSPS) is 38.5. The minimum atomic E-state index is -0.841. The van der Waals surface area contributed by atoms with E-state index in [4.69, 9.17) is 16.3 Å². The molecule has 59 heavy (non-hydrogen) atoms. The second kappa shape index (κ2) is 15.0. The van der Waals surface area contributed by atoms with E-state index in [2.05, 4.69) is 59.1 Å². The number of fused-ring (bicyclic) bond motifs is 7. The Morgan fingerprint density at radius 3 is 2.14 bits per heavy atom. The molecule has 0 aromatic heterocycles. The van der Waals surface area contributed by atoms with Gasteiger partial charge < -0.3 is 20.5 Å². The molecule has 9 nitrogen and oxygen atoms in total. The van der Waals surface area contributed by atoms with Gasteiger partial charge >= 0.3 is 11.9 Å². The highest BCUT2D eigenvalue weighted by Gasteiger charge is 2.70. The summed E-state index contributed by atoms with van der Waals surface area (Å²) in [5.74, 6) is -0.973. The zero-order chi connectivity index (χ0) is 43.2. The van der Waals surface area contributed by atoms with E-state index in [0.717, 1.165) is 56.9 Å².